The highest BCUT2D eigenvalue weighted by Gasteiger charge is 2.26. The van der Waals surface area contributed by atoms with E-state index in [1.807, 2.05) is 44.2 Å². The van der Waals surface area contributed by atoms with E-state index in [1.165, 1.54) is 0 Å². The third-order valence-corrected chi connectivity index (χ3v) is 4.82. The zero-order valence-electron chi connectivity index (χ0n) is 17.3. The smallest absolute Gasteiger partial charge is 0.408 e. The first kappa shape index (κ1) is 23.0. The third-order valence-electron chi connectivity index (χ3n) is 4.82. The fraction of sp³-hybridized carbons (Fsp3) is 0.619. The second-order valence-corrected chi connectivity index (χ2v) is 7.08. The molecule has 0 aliphatic heterocycles. The van der Waals surface area contributed by atoms with Gasteiger partial charge in [-0.1, -0.05) is 57.5 Å². The molecule has 0 aromatic heterocycles. The van der Waals surface area contributed by atoms with Gasteiger partial charge in [0.25, 0.3) is 0 Å². The van der Waals surface area contributed by atoms with Gasteiger partial charge in [0.15, 0.2) is 0 Å². The Morgan fingerprint density at radius 1 is 1.11 bits per heavy atom. The summed E-state index contributed by atoms with van der Waals surface area (Å²) < 4.78 is 5.26. The molecule has 2 N–H and O–H groups in total. The van der Waals surface area contributed by atoms with Crippen molar-refractivity contribution in [3.05, 3.63) is 35.9 Å². The molecule has 0 fully saturated rings. The highest BCUT2D eigenvalue weighted by atomic mass is 16.5. The maximum Gasteiger partial charge on any atom is 0.408 e. The summed E-state index contributed by atoms with van der Waals surface area (Å²) in [7, 11) is 0. The van der Waals surface area contributed by atoms with Crippen LogP contribution in [0, 0.1) is 5.92 Å². The maximum absolute atomic E-state index is 12.6. The first-order chi connectivity index (χ1) is 12.9. The lowest BCUT2D eigenvalue weighted by Gasteiger charge is -2.26. The molecular formula is C21H35N3O3. The average Bonchev–Trinajstić information content (AvgIpc) is 2.67. The summed E-state index contributed by atoms with van der Waals surface area (Å²) in [6.07, 6.45) is 0.209. The molecule has 0 aliphatic rings. The molecule has 0 saturated carbocycles. The summed E-state index contributed by atoms with van der Waals surface area (Å²) in [4.78, 5) is 27.0. The molecule has 6 heteroatoms. The molecule has 27 heavy (non-hydrogen) atoms. The molecule has 0 spiro atoms. The van der Waals surface area contributed by atoms with Crippen molar-refractivity contribution in [2.45, 2.75) is 59.7 Å². The van der Waals surface area contributed by atoms with E-state index in [2.05, 4.69) is 36.3 Å². The summed E-state index contributed by atoms with van der Waals surface area (Å²) in [5.74, 6) is -0.150. The minimum absolute atomic E-state index is 0.0154. The molecule has 0 radical (unpaired) electrons. The van der Waals surface area contributed by atoms with Crippen molar-refractivity contribution in [3.63, 3.8) is 0 Å². The number of hydrogen-bond acceptors (Lipinski definition) is 4. The summed E-state index contributed by atoms with van der Waals surface area (Å²) in [6.45, 7) is 12.8. The van der Waals surface area contributed by atoms with Crippen molar-refractivity contribution in [3.8, 4) is 0 Å². The van der Waals surface area contributed by atoms with E-state index < -0.39 is 12.1 Å². The fourth-order valence-corrected chi connectivity index (χ4v) is 2.81. The number of nitrogens with one attached hydrogen (secondary N) is 2. The van der Waals surface area contributed by atoms with Crippen LogP contribution < -0.4 is 10.6 Å². The molecule has 152 valence electrons. The summed E-state index contributed by atoms with van der Waals surface area (Å²) in [5, 5.41) is 5.67. The highest BCUT2D eigenvalue weighted by Crippen LogP contribution is 2.09. The minimum atomic E-state index is -0.604. The van der Waals surface area contributed by atoms with Crippen LogP contribution in [-0.4, -0.2) is 48.6 Å². The number of carbonyl (C=O) groups excluding carboxylic acids is 2. The van der Waals surface area contributed by atoms with Crippen LogP contribution >= 0.6 is 0 Å². The highest BCUT2D eigenvalue weighted by molar-refractivity contribution is 5.85. The average molecular weight is 378 g/mol. The van der Waals surface area contributed by atoms with Gasteiger partial charge in [-0.25, -0.2) is 4.79 Å². The van der Waals surface area contributed by atoms with Gasteiger partial charge in [-0.05, 0) is 31.9 Å². The predicted octanol–water partition coefficient (Wildman–Crippen LogP) is 3.17. The second-order valence-electron chi connectivity index (χ2n) is 7.08. The van der Waals surface area contributed by atoms with E-state index in [0.29, 0.717) is 12.6 Å². The summed E-state index contributed by atoms with van der Waals surface area (Å²) >= 11 is 0. The fourth-order valence-electron chi connectivity index (χ4n) is 2.81. The van der Waals surface area contributed by atoms with E-state index in [-0.39, 0.29) is 18.4 Å². The van der Waals surface area contributed by atoms with Crippen LogP contribution in [0.5, 0.6) is 0 Å². The maximum atomic E-state index is 12.6. The van der Waals surface area contributed by atoms with Crippen LogP contribution in [0.3, 0.4) is 0 Å². The molecule has 0 bridgehead atoms. The number of likely N-dealkylation sites (N-methyl/N-ethyl adjacent to an activating group) is 1. The Hall–Kier alpha value is -2.08. The van der Waals surface area contributed by atoms with Gasteiger partial charge in [0.05, 0.1) is 0 Å². The van der Waals surface area contributed by atoms with Crippen LogP contribution in [0.15, 0.2) is 30.3 Å². The van der Waals surface area contributed by atoms with E-state index in [4.69, 9.17) is 4.74 Å². The quantitative estimate of drug-likeness (QED) is 0.621. The Morgan fingerprint density at radius 2 is 1.78 bits per heavy atom. The lowest BCUT2D eigenvalue weighted by atomic mass is 9.98. The largest absolute Gasteiger partial charge is 0.445 e. The molecule has 1 aromatic carbocycles. The number of ether oxygens (including phenoxy) is 1. The van der Waals surface area contributed by atoms with Gasteiger partial charge in [-0.2, -0.15) is 0 Å². The Labute approximate surface area is 163 Å². The molecule has 0 aliphatic carbocycles. The van der Waals surface area contributed by atoms with Crippen LogP contribution in [-0.2, 0) is 16.1 Å². The van der Waals surface area contributed by atoms with E-state index >= 15 is 0 Å². The summed E-state index contributed by atoms with van der Waals surface area (Å²) in [5.41, 5.74) is 0.908. The van der Waals surface area contributed by atoms with Crippen molar-refractivity contribution < 1.29 is 14.3 Å². The predicted molar refractivity (Wildman–Crippen MR) is 108 cm³/mol. The number of hydrogen-bond donors (Lipinski definition) is 2. The number of rotatable bonds is 11. The van der Waals surface area contributed by atoms with Crippen LogP contribution in [0.25, 0.3) is 0 Å². The molecule has 2 atom stereocenters. The molecule has 1 rings (SSSR count). The first-order valence-electron chi connectivity index (χ1n) is 9.87. The molecular weight excluding hydrogens is 342 g/mol. The van der Waals surface area contributed by atoms with Crippen molar-refractivity contribution >= 4 is 12.0 Å². The van der Waals surface area contributed by atoms with Crippen molar-refractivity contribution in [1.82, 2.24) is 15.5 Å². The molecule has 1 aromatic rings. The summed E-state index contributed by atoms with van der Waals surface area (Å²) in [6, 6.07) is 9.30. The number of amides is 2. The molecule has 0 saturated heterocycles. The SMILES string of the molecule is CC[C@H](C)[C@H](NC(=O)OCc1ccccc1)C(=O)NCCN(CC)C(C)C. The van der Waals surface area contributed by atoms with E-state index in [9.17, 15) is 9.59 Å². The standard InChI is InChI=1S/C21H35N3O3/c1-6-17(5)19(20(25)22-13-14-24(7-2)16(3)4)23-21(26)27-15-18-11-9-8-10-12-18/h8-12,16-17,19H,6-7,13-15H2,1-5H3,(H,22,25)(H,23,26)/t17-,19-/m0/s1. The Bertz CT molecular complexity index is 563. The van der Waals surface area contributed by atoms with Gasteiger partial charge >= 0.3 is 6.09 Å². The molecule has 2 amide bonds. The zero-order chi connectivity index (χ0) is 20.2. The number of nitrogens with zero attached hydrogens (tertiary/aromatic N) is 1. The number of carbonyl (C=O) groups is 2. The second kappa shape index (κ2) is 12.3. The van der Waals surface area contributed by atoms with Gasteiger partial charge < -0.3 is 15.4 Å². The van der Waals surface area contributed by atoms with Gasteiger partial charge in [-0.15, -0.1) is 0 Å². The van der Waals surface area contributed by atoms with Crippen LogP contribution in [0.4, 0.5) is 4.79 Å². The van der Waals surface area contributed by atoms with E-state index in [0.717, 1.165) is 25.1 Å². The van der Waals surface area contributed by atoms with Crippen LogP contribution in [0.1, 0.15) is 46.6 Å². The van der Waals surface area contributed by atoms with Gasteiger partial charge in [-0.3, -0.25) is 9.69 Å². The third kappa shape index (κ3) is 8.43. The normalized spacial score (nSPS) is 13.3. The van der Waals surface area contributed by atoms with Gasteiger partial charge in [0, 0.05) is 19.1 Å². The van der Waals surface area contributed by atoms with Crippen molar-refractivity contribution in [2.75, 3.05) is 19.6 Å². The lowest BCUT2D eigenvalue weighted by Crippen LogP contribution is -2.51. The number of alkyl carbamates (subject to hydrolysis) is 1. The van der Waals surface area contributed by atoms with Gasteiger partial charge in [0.2, 0.25) is 5.91 Å². The minimum Gasteiger partial charge on any atom is -0.445 e. The lowest BCUT2D eigenvalue weighted by molar-refractivity contribution is -0.124. The Morgan fingerprint density at radius 3 is 2.33 bits per heavy atom. The van der Waals surface area contributed by atoms with Gasteiger partial charge in [0.1, 0.15) is 12.6 Å². The monoisotopic (exact) mass is 377 g/mol. The topological polar surface area (TPSA) is 70.7 Å². The molecule has 6 nitrogen and oxygen atoms in total. The molecule has 0 unspecified atom stereocenters. The first-order valence-corrected chi connectivity index (χ1v) is 9.87. The Balaban J connectivity index is 2.53. The molecule has 0 heterocycles. The number of benzene rings is 1. The van der Waals surface area contributed by atoms with Crippen LogP contribution in [0.2, 0.25) is 0 Å². The van der Waals surface area contributed by atoms with E-state index in [1.54, 1.807) is 0 Å². The Kier molecular flexibility index (Phi) is 10.5. The van der Waals surface area contributed by atoms with Crippen molar-refractivity contribution in [2.24, 2.45) is 5.92 Å². The zero-order valence-corrected chi connectivity index (χ0v) is 17.3. The van der Waals surface area contributed by atoms with Crippen molar-refractivity contribution in [1.29, 1.82) is 0 Å².